The molecule has 0 fully saturated rings. The van der Waals surface area contributed by atoms with Gasteiger partial charge in [-0.05, 0) is 122 Å². The first kappa shape index (κ1) is 75.5. The number of ether oxygens (including phenoxy) is 3. The van der Waals surface area contributed by atoms with E-state index in [1.807, 2.05) is 0 Å². The van der Waals surface area contributed by atoms with Gasteiger partial charge in [-0.3, -0.25) is 14.4 Å². The molecule has 0 aliphatic carbocycles. The van der Waals surface area contributed by atoms with E-state index >= 15 is 0 Å². The number of unbranched alkanes of at least 4 members (excludes halogenated alkanes) is 26. The Kier molecular flexibility index (Phi) is 63.3. The van der Waals surface area contributed by atoms with E-state index in [2.05, 4.69) is 154 Å². The molecule has 1 atom stereocenters. The fourth-order valence-electron chi connectivity index (χ4n) is 8.94. The van der Waals surface area contributed by atoms with Gasteiger partial charge in [0.15, 0.2) is 6.10 Å². The Morgan fingerprint density at radius 1 is 0.263 bits per heavy atom. The minimum Gasteiger partial charge on any atom is -0.462 e. The molecule has 0 spiro atoms. The Balaban J connectivity index is 4.18. The highest BCUT2D eigenvalue weighted by molar-refractivity contribution is 5.71. The van der Waals surface area contributed by atoms with Crippen LogP contribution in [0.5, 0.6) is 0 Å². The van der Waals surface area contributed by atoms with Crippen molar-refractivity contribution in [1.29, 1.82) is 0 Å². The van der Waals surface area contributed by atoms with E-state index in [1.165, 1.54) is 128 Å². The zero-order chi connectivity index (χ0) is 57.8. The highest BCUT2D eigenvalue weighted by Crippen LogP contribution is 2.16. The van der Waals surface area contributed by atoms with E-state index in [4.69, 9.17) is 14.2 Å². The molecule has 0 bridgehead atoms. The number of carbonyl (C=O) groups excluding carboxylic acids is 3. The normalized spacial score (nSPS) is 13.0. The molecule has 0 aliphatic rings. The van der Waals surface area contributed by atoms with Crippen molar-refractivity contribution in [3.8, 4) is 0 Å². The quantitative estimate of drug-likeness (QED) is 0.0261. The first-order valence-electron chi connectivity index (χ1n) is 33.2. The Morgan fingerprint density at radius 3 is 0.775 bits per heavy atom. The Hall–Kier alpha value is -4.45. The topological polar surface area (TPSA) is 78.9 Å². The van der Waals surface area contributed by atoms with Crippen molar-refractivity contribution in [2.75, 3.05) is 13.2 Å². The molecule has 0 heterocycles. The second kappa shape index (κ2) is 67.1. The maximum Gasteiger partial charge on any atom is 0.306 e. The van der Waals surface area contributed by atoms with Gasteiger partial charge < -0.3 is 14.2 Å². The predicted octanol–water partition coefficient (Wildman–Crippen LogP) is 22.9. The van der Waals surface area contributed by atoms with Gasteiger partial charge in [0.1, 0.15) is 13.2 Å². The summed E-state index contributed by atoms with van der Waals surface area (Å²) in [4.78, 5) is 38.0. The Bertz CT molecular complexity index is 1700. The fraction of sp³-hybridized carbons (Fsp3) is 0.662. The van der Waals surface area contributed by atoms with Gasteiger partial charge in [0.25, 0.3) is 0 Å². The van der Waals surface area contributed by atoms with Gasteiger partial charge in [-0.25, -0.2) is 0 Å². The number of esters is 3. The molecule has 0 rings (SSSR count). The van der Waals surface area contributed by atoms with Crippen LogP contribution in [0.3, 0.4) is 0 Å². The summed E-state index contributed by atoms with van der Waals surface area (Å²) in [6.45, 7) is 6.44. The molecule has 6 nitrogen and oxygen atoms in total. The summed E-state index contributed by atoms with van der Waals surface area (Å²) < 4.78 is 16.8. The summed E-state index contributed by atoms with van der Waals surface area (Å²) >= 11 is 0. The van der Waals surface area contributed by atoms with Gasteiger partial charge >= 0.3 is 17.9 Å². The van der Waals surface area contributed by atoms with E-state index in [0.717, 1.165) is 128 Å². The number of rotatable bonds is 59. The number of hydrogen-bond donors (Lipinski definition) is 0. The lowest BCUT2D eigenvalue weighted by molar-refractivity contribution is -0.167. The molecular formula is C74H122O6. The standard InChI is InChI=1S/C74H122O6/c1-4-7-10-13-16-18-20-22-24-26-28-30-32-34-35-36-37-38-39-41-42-44-46-48-50-52-54-56-58-61-64-67-73(76)79-70-71(69-78-72(75)66-63-60-15-12-9-6-3)80-74(77)68-65-62-59-57-55-53-51-49-47-45-43-40-33-31-29-27-25-23-21-19-17-14-11-8-5-2/h7,10,16,18,21-24,27-30,34-35,37-38,41-42,46,48,52,54,71H,4-6,8-9,11-15,17,19-20,25-26,31-33,36,39-40,43-45,47,49-51,53,55-70H2,1-3H3/b10-7-,18-16-,23-21-,24-22-,29-27-,30-28-,35-34-,38-37-,42-41-,48-46-,54-52-. The van der Waals surface area contributed by atoms with Gasteiger partial charge in [-0.1, -0.05) is 289 Å². The second-order valence-electron chi connectivity index (χ2n) is 21.6. The molecule has 454 valence electrons. The van der Waals surface area contributed by atoms with Crippen LogP contribution in [0.4, 0.5) is 0 Å². The molecule has 0 radical (unpaired) electrons. The van der Waals surface area contributed by atoms with E-state index in [0.29, 0.717) is 19.3 Å². The molecule has 0 amide bonds. The molecule has 0 saturated carbocycles. The van der Waals surface area contributed by atoms with Gasteiger partial charge in [0.2, 0.25) is 0 Å². The van der Waals surface area contributed by atoms with Crippen molar-refractivity contribution in [2.24, 2.45) is 0 Å². The molecular weight excluding hydrogens is 985 g/mol. The first-order chi connectivity index (χ1) is 39.5. The van der Waals surface area contributed by atoms with Crippen molar-refractivity contribution in [3.05, 3.63) is 134 Å². The van der Waals surface area contributed by atoms with Crippen molar-refractivity contribution >= 4 is 17.9 Å². The minimum atomic E-state index is -0.794. The number of hydrogen-bond acceptors (Lipinski definition) is 6. The summed E-state index contributed by atoms with van der Waals surface area (Å²) in [5.41, 5.74) is 0. The average molecular weight is 1110 g/mol. The number of carbonyl (C=O) groups is 3. The predicted molar refractivity (Wildman–Crippen MR) is 348 cm³/mol. The lowest BCUT2D eigenvalue weighted by atomic mass is 10.0. The van der Waals surface area contributed by atoms with Gasteiger partial charge in [0.05, 0.1) is 0 Å². The molecule has 0 aromatic carbocycles. The molecule has 0 N–H and O–H groups in total. The maximum atomic E-state index is 12.9. The summed E-state index contributed by atoms with van der Waals surface area (Å²) in [5.74, 6) is -0.933. The van der Waals surface area contributed by atoms with Crippen molar-refractivity contribution in [1.82, 2.24) is 0 Å². The van der Waals surface area contributed by atoms with Crippen LogP contribution in [-0.4, -0.2) is 37.2 Å². The Morgan fingerprint density at radius 2 is 0.487 bits per heavy atom. The average Bonchev–Trinajstić information content (AvgIpc) is 3.46. The second-order valence-corrected chi connectivity index (χ2v) is 21.6. The van der Waals surface area contributed by atoms with Crippen LogP contribution in [0.1, 0.15) is 297 Å². The highest BCUT2D eigenvalue weighted by atomic mass is 16.6. The molecule has 1 unspecified atom stereocenters. The van der Waals surface area contributed by atoms with Crippen LogP contribution in [0.25, 0.3) is 0 Å². The highest BCUT2D eigenvalue weighted by Gasteiger charge is 2.19. The third-order valence-corrected chi connectivity index (χ3v) is 13.9. The number of allylic oxidation sites excluding steroid dienone is 22. The summed E-state index contributed by atoms with van der Waals surface area (Å²) in [6, 6.07) is 0. The van der Waals surface area contributed by atoms with E-state index < -0.39 is 6.10 Å². The largest absolute Gasteiger partial charge is 0.462 e. The Labute approximate surface area is 494 Å². The van der Waals surface area contributed by atoms with E-state index in [1.54, 1.807) is 0 Å². The summed E-state index contributed by atoms with van der Waals surface area (Å²) in [6.07, 6.45) is 95.0. The summed E-state index contributed by atoms with van der Waals surface area (Å²) in [5, 5.41) is 0. The zero-order valence-corrected chi connectivity index (χ0v) is 52.0. The van der Waals surface area contributed by atoms with Crippen LogP contribution in [0, 0.1) is 0 Å². The van der Waals surface area contributed by atoms with Crippen LogP contribution < -0.4 is 0 Å². The van der Waals surface area contributed by atoms with Crippen LogP contribution in [0.15, 0.2) is 134 Å². The van der Waals surface area contributed by atoms with Crippen LogP contribution in [0.2, 0.25) is 0 Å². The zero-order valence-electron chi connectivity index (χ0n) is 52.0. The molecule has 0 aromatic rings. The van der Waals surface area contributed by atoms with Crippen LogP contribution >= 0.6 is 0 Å². The molecule has 0 saturated heterocycles. The van der Waals surface area contributed by atoms with Crippen molar-refractivity contribution < 1.29 is 28.6 Å². The fourth-order valence-corrected chi connectivity index (χ4v) is 8.94. The van der Waals surface area contributed by atoms with E-state index in [-0.39, 0.29) is 31.1 Å². The lowest BCUT2D eigenvalue weighted by Crippen LogP contribution is -2.30. The van der Waals surface area contributed by atoms with Gasteiger partial charge in [-0.15, -0.1) is 0 Å². The third kappa shape index (κ3) is 64.4. The van der Waals surface area contributed by atoms with E-state index in [9.17, 15) is 14.4 Å². The molecule has 80 heavy (non-hydrogen) atoms. The van der Waals surface area contributed by atoms with Gasteiger partial charge in [0, 0.05) is 19.3 Å². The first-order valence-corrected chi connectivity index (χ1v) is 33.2. The minimum absolute atomic E-state index is 0.0910. The van der Waals surface area contributed by atoms with Crippen molar-refractivity contribution in [2.45, 2.75) is 303 Å². The van der Waals surface area contributed by atoms with Gasteiger partial charge in [-0.2, -0.15) is 0 Å². The maximum absolute atomic E-state index is 12.9. The smallest absolute Gasteiger partial charge is 0.306 e. The SMILES string of the molecule is CC/C=C\C/C=C\C/C=C\C/C=C\C/C=C\C/C=C\C/C=C\C/C=C\C/C=C\CCCCCC(=O)OCC(COC(=O)CCCCCCCC)OC(=O)CCCCCCCCCCCCCCC/C=C\C/C=C\CCCCCCC. The monoisotopic (exact) mass is 1110 g/mol. The summed E-state index contributed by atoms with van der Waals surface area (Å²) in [7, 11) is 0. The third-order valence-electron chi connectivity index (χ3n) is 13.9. The molecule has 0 aliphatic heterocycles. The molecule has 0 aromatic heterocycles. The van der Waals surface area contributed by atoms with Crippen molar-refractivity contribution in [3.63, 3.8) is 0 Å². The lowest BCUT2D eigenvalue weighted by Gasteiger charge is -2.18. The molecule has 6 heteroatoms. The van der Waals surface area contributed by atoms with Crippen LogP contribution in [-0.2, 0) is 28.6 Å².